The summed E-state index contributed by atoms with van der Waals surface area (Å²) in [5, 5.41) is 0. The third-order valence-electron chi connectivity index (χ3n) is 4.60. The van der Waals surface area contributed by atoms with Crippen molar-refractivity contribution in [1.29, 1.82) is 0 Å². The molecule has 1 heterocycles. The second-order valence-electron chi connectivity index (χ2n) is 6.06. The fourth-order valence-electron chi connectivity index (χ4n) is 3.47. The number of rotatable bonds is 4. The molecule has 3 nitrogen and oxygen atoms in total. The third-order valence-corrected chi connectivity index (χ3v) is 4.60. The Morgan fingerprint density at radius 1 is 1.29 bits per heavy atom. The summed E-state index contributed by atoms with van der Waals surface area (Å²) in [6.07, 6.45) is 6.91. The Balaban J connectivity index is 1.87. The highest BCUT2D eigenvalue weighted by Crippen LogP contribution is 2.31. The number of nitrogens with two attached hydrogens (primary N) is 1. The van der Waals surface area contributed by atoms with E-state index in [9.17, 15) is 0 Å². The van der Waals surface area contributed by atoms with Gasteiger partial charge in [-0.2, -0.15) is 0 Å². The van der Waals surface area contributed by atoms with Crippen molar-refractivity contribution >= 4 is 0 Å². The molecule has 3 heteroatoms. The summed E-state index contributed by atoms with van der Waals surface area (Å²) in [7, 11) is 2.26. The van der Waals surface area contributed by atoms with E-state index in [1.807, 2.05) is 0 Å². The highest BCUT2D eigenvalue weighted by atomic mass is 16.5. The topological polar surface area (TPSA) is 38.5 Å². The fourth-order valence-corrected chi connectivity index (χ4v) is 3.47. The molecule has 1 aliphatic carbocycles. The average Bonchev–Trinajstić information content (AvgIpc) is 2.81. The average molecular weight is 240 g/mol. The zero-order valence-corrected chi connectivity index (χ0v) is 11.4. The molecule has 2 aliphatic rings. The maximum absolute atomic E-state index is 5.93. The summed E-state index contributed by atoms with van der Waals surface area (Å²) in [5.74, 6) is 1.55. The van der Waals surface area contributed by atoms with Crippen LogP contribution in [-0.2, 0) is 4.74 Å². The number of hydrogen-bond donors (Lipinski definition) is 1. The van der Waals surface area contributed by atoms with Crippen LogP contribution in [0.25, 0.3) is 0 Å². The Hall–Kier alpha value is -0.120. The molecule has 0 aromatic carbocycles. The lowest BCUT2D eigenvalue weighted by atomic mass is 9.78. The highest BCUT2D eigenvalue weighted by molar-refractivity contribution is 4.86. The molecule has 0 aromatic rings. The van der Waals surface area contributed by atoms with Gasteiger partial charge in [0.1, 0.15) is 0 Å². The first kappa shape index (κ1) is 13.3. The van der Waals surface area contributed by atoms with E-state index in [-0.39, 0.29) is 0 Å². The first-order valence-electron chi connectivity index (χ1n) is 7.22. The molecule has 1 saturated heterocycles. The maximum atomic E-state index is 5.93. The van der Waals surface area contributed by atoms with Crippen LogP contribution in [0.3, 0.4) is 0 Å². The second-order valence-corrected chi connectivity index (χ2v) is 6.06. The van der Waals surface area contributed by atoms with Crippen molar-refractivity contribution in [2.75, 3.05) is 26.7 Å². The van der Waals surface area contributed by atoms with Gasteiger partial charge in [-0.15, -0.1) is 0 Å². The van der Waals surface area contributed by atoms with Gasteiger partial charge >= 0.3 is 0 Å². The van der Waals surface area contributed by atoms with Gasteiger partial charge in [0.05, 0.1) is 6.10 Å². The van der Waals surface area contributed by atoms with Gasteiger partial charge in [-0.05, 0) is 51.1 Å². The Kier molecular flexibility index (Phi) is 4.83. The lowest BCUT2D eigenvalue weighted by Gasteiger charge is -2.40. The summed E-state index contributed by atoms with van der Waals surface area (Å²) in [5.41, 5.74) is 5.93. The lowest BCUT2D eigenvalue weighted by molar-refractivity contribution is 0.0393. The van der Waals surface area contributed by atoms with Crippen molar-refractivity contribution in [1.82, 2.24) is 4.90 Å². The van der Waals surface area contributed by atoms with Crippen LogP contribution < -0.4 is 5.73 Å². The van der Waals surface area contributed by atoms with E-state index in [2.05, 4.69) is 18.9 Å². The summed E-state index contributed by atoms with van der Waals surface area (Å²) in [6.45, 7) is 5.26. The van der Waals surface area contributed by atoms with Gasteiger partial charge in [0.25, 0.3) is 0 Å². The monoisotopic (exact) mass is 240 g/mol. The normalized spacial score (nSPS) is 38.8. The lowest BCUT2D eigenvalue weighted by Crippen LogP contribution is -2.47. The Bertz CT molecular complexity index is 228. The molecule has 100 valence electrons. The van der Waals surface area contributed by atoms with Crippen LogP contribution in [0, 0.1) is 11.8 Å². The number of ether oxygens (including phenoxy) is 1. The molecule has 0 spiro atoms. The van der Waals surface area contributed by atoms with Crippen LogP contribution in [0.15, 0.2) is 0 Å². The summed E-state index contributed by atoms with van der Waals surface area (Å²) in [6, 6.07) is 0.674. The molecule has 1 saturated carbocycles. The SMILES string of the molecule is CC1CCC(CN)C(N(C)CC2CCCO2)C1. The first-order valence-corrected chi connectivity index (χ1v) is 7.22. The van der Waals surface area contributed by atoms with Crippen molar-refractivity contribution in [2.45, 2.75) is 51.2 Å². The molecule has 17 heavy (non-hydrogen) atoms. The second kappa shape index (κ2) is 6.17. The predicted molar refractivity (Wildman–Crippen MR) is 71.0 cm³/mol. The Morgan fingerprint density at radius 3 is 2.76 bits per heavy atom. The van der Waals surface area contributed by atoms with Gasteiger partial charge < -0.3 is 15.4 Å². The first-order chi connectivity index (χ1) is 8.20. The van der Waals surface area contributed by atoms with Crippen molar-refractivity contribution in [3.63, 3.8) is 0 Å². The molecule has 1 aliphatic heterocycles. The molecule has 2 fully saturated rings. The molecule has 0 bridgehead atoms. The summed E-state index contributed by atoms with van der Waals surface area (Å²) in [4.78, 5) is 2.52. The maximum Gasteiger partial charge on any atom is 0.0702 e. The third kappa shape index (κ3) is 3.43. The van der Waals surface area contributed by atoms with Crippen LogP contribution in [0.5, 0.6) is 0 Å². The molecule has 0 aromatic heterocycles. The molecule has 4 atom stereocenters. The summed E-state index contributed by atoms with van der Waals surface area (Å²) < 4.78 is 5.74. The Morgan fingerprint density at radius 2 is 2.12 bits per heavy atom. The van der Waals surface area contributed by atoms with Gasteiger partial charge in [0.15, 0.2) is 0 Å². The smallest absolute Gasteiger partial charge is 0.0702 e. The molecule has 0 radical (unpaired) electrons. The van der Waals surface area contributed by atoms with Gasteiger partial charge in [-0.25, -0.2) is 0 Å². The Labute approximate surface area is 106 Å². The van der Waals surface area contributed by atoms with E-state index >= 15 is 0 Å². The van der Waals surface area contributed by atoms with E-state index in [0.29, 0.717) is 18.1 Å². The van der Waals surface area contributed by atoms with Crippen molar-refractivity contribution < 1.29 is 4.74 Å². The van der Waals surface area contributed by atoms with Crippen molar-refractivity contribution in [3.05, 3.63) is 0 Å². The molecular weight excluding hydrogens is 212 g/mol. The fraction of sp³-hybridized carbons (Fsp3) is 1.00. The predicted octanol–water partition coefficient (Wildman–Crippen LogP) is 1.86. The highest BCUT2D eigenvalue weighted by Gasteiger charge is 2.31. The van der Waals surface area contributed by atoms with Crippen molar-refractivity contribution in [2.24, 2.45) is 17.6 Å². The molecular formula is C14H28N2O. The van der Waals surface area contributed by atoms with E-state index in [1.165, 1.54) is 32.1 Å². The van der Waals surface area contributed by atoms with E-state index in [1.54, 1.807) is 0 Å². The minimum absolute atomic E-state index is 0.468. The van der Waals surface area contributed by atoms with E-state index in [4.69, 9.17) is 10.5 Å². The van der Waals surface area contributed by atoms with E-state index in [0.717, 1.165) is 25.6 Å². The van der Waals surface area contributed by atoms with Crippen LogP contribution >= 0.6 is 0 Å². The van der Waals surface area contributed by atoms with Gasteiger partial charge in [-0.3, -0.25) is 0 Å². The summed E-state index contributed by atoms with van der Waals surface area (Å²) >= 11 is 0. The number of nitrogens with zero attached hydrogens (tertiary/aromatic N) is 1. The van der Waals surface area contributed by atoms with Crippen LogP contribution in [0.2, 0.25) is 0 Å². The van der Waals surface area contributed by atoms with Crippen LogP contribution in [0.1, 0.15) is 39.0 Å². The standard InChI is InChI=1S/C14H28N2O/c1-11-5-6-12(9-15)14(8-11)16(2)10-13-4-3-7-17-13/h11-14H,3-10,15H2,1-2H3. The minimum atomic E-state index is 0.468. The zero-order valence-electron chi connectivity index (χ0n) is 11.4. The molecule has 2 rings (SSSR count). The van der Waals surface area contributed by atoms with Crippen LogP contribution in [-0.4, -0.2) is 43.8 Å². The zero-order chi connectivity index (χ0) is 12.3. The number of hydrogen-bond acceptors (Lipinski definition) is 3. The number of likely N-dealkylation sites (N-methyl/N-ethyl adjacent to an activating group) is 1. The molecule has 4 unspecified atom stereocenters. The van der Waals surface area contributed by atoms with Gasteiger partial charge in [0, 0.05) is 19.2 Å². The molecule has 0 amide bonds. The largest absolute Gasteiger partial charge is 0.377 e. The van der Waals surface area contributed by atoms with E-state index < -0.39 is 0 Å². The van der Waals surface area contributed by atoms with Crippen molar-refractivity contribution in [3.8, 4) is 0 Å². The van der Waals surface area contributed by atoms with Gasteiger partial charge in [0.2, 0.25) is 0 Å². The van der Waals surface area contributed by atoms with Crippen LogP contribution in [0.4, 0.5) is 0 Å². The molecule has 2 N–H and O–H groups in total. The van der Waals surface area contributed by atoms with Gasteiger partial charge in [-0.1, -0.05) is 13.3 Å². The quantitative estimate of drug-likeness (QED) is 0.815. The minimum Gasteiger partial charge on any atom is -0.377 e.